The van der Waals surface area contributed by atoms with Gasteiger partial charge in [0, 0.05) is 18.8 Å². The Morgan fingerprint density at radius 1 is 1.09 bits per heavy atom. The summed E-state index contributed by atoms with van der Waals surface area (Å²) in [4.78, 5) is 26.1. The molecule has 1 fully saturated rings. The van der Waals surface area contributed by atoms with Crippen LogP contribution in [0.5, 0.6) is 11.5 Å². The lowest BCUT2D eigenvalue weighted by atomic mass is 10.2. The smallest absolute Gasteiger partial charge is 0.262 e. The molecule has 0 radical (unpaired) electrons. The summed E-state index contributed by atoms with van der Waals surface area (Å²) >= 11 is 0. The fourth-order valence-corrected chi connectivity index (χ4v) is 3.04. The van der Waals surface area contributed by atoms with Gasteiger partial charge in [0.05, 0.1) is 33.1 Å². The van der Waals surface area contributed by atoms with Gasteiger partial charge >= 0.3 is 0 Å². The SMILES string of the molecule is COc1cc(/C=N/NC(=O)CN2CCOCC2)ccc1OCC(=O)Nc1ccc(C)cc1. The van der Waals surface area contributed by atoms with Gasteiger partial charge in [-0.3, -0.25) is 14.5 Å². The lowest BCUT2D eigenvalue weighted by Gasteiger charge is -2.25. The number of hydrogen-bond acceptors (Lipinski definition) is 7. The first-order valence-electron chi connectivity index (χ1n) is 10.3. The lowest BCUT2D eigenvalue weighted by molar-refractivity contribution is -0.123. The van der Waals surface area contributed by atoms with E-state index in [0.717, 1.165) is 18.7 Å². The van der Waals surface area contributed by atoms with Crippen LogP contribution in [0.2, 0.25) is 0 Å². The average molecular weight is 441 g/mol. The summed E-state index contributed by atoms with van der Waals surface area (Å²) in [6.07, 6.45) is 1.52. The fourth-order valence-electron chi connectivity index (χ4n) is 3.04. The van der Waals surface area contributed by atoms with E-state index < -0.39 is 0 Å². The number of nitrogens with zero attached hydrogens (tertiary/aromatic N) is 2. The average Bonchev–Trinajstić information content (AvgIpc) is 2.80. The number of ether oxygens (including phenoxy) is 3. The number of anilines is 1. The molecular formula is C23H28N4O5. The Bertz CT molecular complexity index is 940. The summed E-state index contributed by atoms with van der Waals surface area (Å²) in [7, 11) is 1.51. The van der Waals surface area contributed by atoms with Crippen molar-refractivity contribution in [2.45, 2.75) is 6.92 Å². The van der Waals surface area contributed by atoms with E-state index in [0.29, 0.717) is 36.0 Å². The minimum absolute atomic E-state index is 0.157. The zero-order chi connectivity index (χ0) is 22.8. The van der Waals surface area contributed by atoms with E-state index in [4.69, 9.17) is 14.2 Å². The summed E-state index contributed by atoms with van der Waals surface area (Å²) in [5.74, 6) is 0.427. The first-order valence-corrected chi connectivity index (χ1v) is 10.3. The summed E-state index contributed by atoms with van der Waals surface area (Å²) < 4.78 is 16.2. The summed E-state index contributed by atoms with van der Waals surface area (Å²) in [5.41, 5.74) is 5.06. The number of aryl methyl sites for hydroxylation is 1. The molecular weight excluding hydrogens is 412 g/mol. The van der Waals surface area contributed by atoms with Crippen LogP contribution < -0.4 is 20.2 Å². The number of amides is 2. The van der Waals surface area contributed by atoms with Crippen LogP contribution in [-0.2, 0) is 14.3 Å². The van der Waals surface area contributed by atoms with E-state index in [2.05, 4.69) is 15.8 Å². The summed E-state index contributed by atoms with van der Waals surface area (Å²) in [5, 5.41) is 6.78. The molecule has 0 bridgehead atoms. The highest BCUT2D eigenvalue weighted by Crippen LogP contribution is 2.27. The molecule has 0 spiro atoms. The highest BCUT2D eigenvalue weighted by molar-refractivity contribution is 5.92. The largest absolute Gasteiger partial charge is 0.493 e. The number of hydrazone groups is 1. The molecule has 3 rings (SSSR count). The third kappa shape index (κ3) is 7.36. The molecule has 32 heavy (non-hydrogen) atoms. The van der Waals surface area contributed by atoms with Crippen molar-refractivity contribution >= 4 is 23.7 Å². The number of morpholine rings is 1. The van der Waals surface area contributed by atoms with Crippen molar-refractivity contribution < 1.29 is 23.8 Å². The third-order valence-electron chi connectivity index (χ3n) is 4.76. The number of benzene rings is 2. The van der Waals surface area contributed by atoms with E-state index in [-0.39, 0.29) is 25.0 Å². The van der Waals surface area contributed by atoms with Gasteiger partial charge in [-0.25, -0.2) is 5.43 Å². The molecule has 0 unspecified atom stereocenters. The van der Waals surface area contributed by atoms with Crippen LogP contribution in [0, 0.1) is 6.92 Å². The Hall–Kier alpha value is -3.43. The quantitative estimate of drug-likeness (QED) is 0.456. The topological polar surface area (TPSA) is 101 Å². The summed E-state index contributed by atoms with van der Waals surface area (Å²) in [6.45, 7) is 4.85. The van der Waals surface area contributed by atoms with Crippen molar-refractivity contribution in [3.63, 3.8) is 0 Å². The molecule has 9 heteroatoms. The van der Waals surface area contributed by atoms with Gasteiger partial charge in [0.15, 0.2) is 18.1 Å². The van der Waals surface area contributed by atoms with Gasteiger partial charge in [-0.15, -0.1) is 0 Å². The fraction of sp³-hybridized carbons (Fsp3) is 0.348. The van der Waals surface area contributed by atoms with Crippen molar-refractivity contribution in [2.24, 2.45) is 5.10 Å². The van der Waals surface area contributed by atoms with Gasteiger partial charge in [0.2, 0.25) is 0 Å². The lowest BCUT2D eigenvalue weighted by Crippen LogP contribution is -2.42. The molecule has 2 amide bonds. The number of rotatable bonds is 9. The molecule has 0 atom stereocenters. The van der Waals surface area contributed by atoms with Crippen molar-refractivity contribution in [3.8, 4) is 11.5 Å². The van der Waals surface area contributed by atoms with E-state index in [9.17, 15) is 9.59 Å². The van der Waals surface area contributed by atoms with Crippen molar-refractivity contribution in [1.82, 2.24) is 10.3 Å². The van der Waals surface area contributed by atoms with Gasteiger partial charge < -0.3 is 19.5 Å². The van der Waals surface area contributed by atoms with Crippen LogP contribution in [0.25, 0.3) is 0 Å². The van der Waals surface area contributed by atoms with Crippen molar-refractivity contribution in [2.75, 3.05) is 51.9 Å². The van der Waals surface area contributed by atoms with Crippen LogP contribution >= 0.6 is 0 Å². The second-order valence-corrected chi connectivity index (χ2v) is 7.29. The number of carbonyl (C=O) groups excluding carboxylic acids is 2. The molecule has 1 heterocycles. The summed E-state index contributed by atoms with van der Waals surface area (Å²) in [6, 6.07) is 12.7. The molecule has 2 N–H and O–H groups in total. The van der Waals surface area contributed by atoms with Gasteiger partial charge in [-0.1, -0.05) is 17.7 Å². The van der Waals surface area contributed by atoms with Crippen LogP contribution in [0.1, 0.15) is 11.1 Å². The van der Waals surface area contributed by atoms with Gasteiger partial charge in [0.25, 0.3) is 11.8 Å². The molecule has 1 aliphatic heterocycles. The molecule has 2 aromatic carbocycles. The molecule has 2 aromatic rings. The molecule has 1 saturated heterocycles. The van der Waals surface area contributed by atoms with E-state index >= 15 is 0 Å². The van der Waals surface area contributed by atoms with Gasteiger partial charge in [-0.05, 0) is 42.8 Å². The van der Waals surface area contributed by atoms with Gasteiger partial charge in [0.1, 0.15) is 0 Å². The van der Waals surface area contributed by atoms with Crippen LogP contribution in [0.15, 0.2) is 47.6 Å². The second-order valence-electron chi connectivity index (χ2n) is 7.29. The zero-order valence-electron chi connectivity index (χ0n) is 18.3. The van der Waals surface area contributed by atoms with Gasteiger partial charge in [-0.2, -0.15) is 5.10 Å². The van der Waals surface area contributed by atoms with Crippen molar-refractivity contribution in [1.29, 1.82) is 0 Å². The number of hydrogen-bond donors (Lipinski definition) is 2. The standard InChI is InChI=1S/C23H28N4O5/c1-17-3-6-19(7-4-17)25-23(29)16-32-20-8-5-18(13-21(20)30-2)14-24-26-22(28)15-27-9-11-31-12-10-27/h3-8,13-14H,9-12,15-16H2,1-2H3,(H,25,29)(H,26,28)/b24-14+. The van der Waals surface area contributed by atoms with E-state index in [1.54, 1.807) is 18.2 Å². The maximum absolute atomic E-state index is 12.1. The predicted molar refractivity (Wildman–Crippen MR) is 121 cm³/mol. The van der Waals surface area contributed by atoms with Crippen molar-refractivity contribution in [3.05, 3.63) is 53.6 Å². The maximum atomic E-state index is 12.1. The van der Waals surface area contributed by atoms with E-state index in [1.807, 2.05) is 36.1 Å². The van der Waals surface area contributed by atoms with Crippen LogP contribution in [0.4, 0.5) is 5.69 Å². The Morgan fingerprint density at radius 3 is 2.56 bits per heavy atom. The monoisotopic (exact) mass is 440 g/mol. The Kier molecular flexibility index (Phi) is 8.59. The highest BCUT2D eigenvalue weighted by atomic mass is 16.5. The normalized spacial score (nSPS) is 14.2. The predicted octanol–water partition coefficient (Wildman–Crippen LogP) is 1.80. The molecule has 0 aromatic heterocycles. The highest BCUT2D eigenvalue weighted by Gasteiger charge is 2.13. The molecule has 0 saturated carbocycles. The molecule has 9 nitrogen and oxygen atoms in total. The second kappa shape index (κ2) is 11.8. The van der Waals surface area contributed by atoms with E-state index in [1.165, 1.54) is 13.3 Å². The Labute approximate surface area is 187 Å². The Morgan fingerprint density at radius 2 is 1.84 bits per heavy atom. The number of carbonyl (C=O) groups is 2. The van der Waals surface area contributed by atoms with Crippen LogP contribution in [-0.4, -0.2) is 69.5 Å². The Balaban J connectivity index is 1.48. The minimum Gasteiger partial charge on any atom is -0.493 e. The van der Waals surface area contributed by atoms with Crippen LogP contribution in [0.3, 0.4) is 0 Å². The zero-order valence-corrected chi connectivity index (χ0v) is 18.3. The maximum Gasteiger partial charge on any atom is 0.262 e. The number of nitrogens with one attached hydrogen (secondary N) is 2. The molecule has 0 aliphatic carbocycles. The first kappa shape index (κ1) is 23.2. The molecule has 170 valence electrons. The minimum atomic E-state index is -0.274. The third-order valence-corrected chi connectivity index (χ3v) is 4.76. The number of methoxy groups -OCH3 is 1. The first-order chi connectivity index (χ1) is 15.5. The molecule has 1 aliphatic rings.